The summed E-state index contributed by atoms with van der Waals surface area (Å²) >= 11 is 5.86. The van der Waals surface area contributed by atoms with Crippen LogP contribution in [0.5, 0.6) is 5.75 Å². The Hall–Kier alpha value is -3.92. The number of aromatic hydroxyl groups is 1. The second-order valence-corrected chi connectivity index (χ2v) is 7.43. The fourth-order valence-electron chi connectivity index (χ4n) is 3.44. The molecule has 1 amide bonds. The van der Waals surface area contributed by atoms with Crippen LogP contribution in [0.3, 0.4) is 0 Å². The van der Waals surface area contributed by atoms with Gasteiger partial charge in [0.25, 0.3) is 11.7 Å². The highest BCUT2D eigenvalue weighted by molar-refractivity contribution is 6.48. The van der Waals surface area contributed by atoms with E-state index in [0.29, 0.717) is 10.6 Å². The van der Waals surface area contributed by atoms with E-state index in [1.165, 1.54) is 42.7 Å². The quantitative estimate of drug-likeness (QED) is 0.323. The number of benzene rings is 2. The molecule has 0 aliphatic heterocycles. The van der Waals surface area contributed by atoms with Crippen LogP contribution < -0.4 is 5.32 Å². The molecule has 4 aromatic rings. The number of anilines is 1. The molecule has 2 aromatic heterocycles. The first-order valence-corrected chi connectivity index (χ1v) is 9.82. The number of fused-ring (bicyclic) bond motifs is 1. The minimum atomic E-state index is -4.99. The lowest BCUT2D eigenvalue weighted by Gasteiger charge is -2.15. The van der Waals surface area contributed by atoms with Gasteiger partial charge in [0.05, 0.1) is 5.56 Å². The molecule has 0 spiro atoms. The average Bonchev–Trinajstić information content (AvgIpc) is 3.09. The SMILES string of the molecule is O=C(Nc1ncccn1)C(=O)c1c(C(F)(F)F)n(Cc2ccc(Cl)cc2)c2ccc(O)cc12. The van der Waals surface area contributed by atoms with Gasteiger partial charge in [0.15, 0.2) is 0 Å². The van der Waals surface area contributed by atoms with E-state index in [-0.39, 0.29) is 29.1 Å². The summed E-state index contributed by atoms with van der Waals surface area (Å²) in [6, 6.07) is 11.1. The van der Waals surface area contributed by atoms with Gasteiger partial charge in [-0.25, -0.2) is 9.97 Å². The van der Waals surface area contributed by atoms with E-state index < -0.39 is 29.1 Å². The van der Waals surface area contributed by atoms with E-state index in [1.54, 1.807) is 12.1 Å². The number of rotatable bonds is 5. The number of amides is 1. The smallest absolute Gasteiger partial charge is 0.432 e. The Morgan fingerprint density at radius 2 is 1.73 bits per heavy atom. The van der Waals surface area contributed by atoms with Crippen LogP contribution in [-0.2, 0) is 17.5 Å². The lowest BCUT2D eigenvalue weighted by Crippen LogP contribution is -2.27. The zero-order chi connectivity index (χ0) is 23.8. The predicted octanol–water partition coefficient (Wildman–Crippen LogP) is 4.68. The Bertz CT molecular complexity index is 1350. The summed E-state index contributed by atoms with van der Waals surface area (Å²) in [7, 11) is 0. The molecule has 0 fully saturated rings. The van der Waals surface area contributed by atoms with E-state index in [0.717, 1.165) is 10.6 Å². The summed E-state index contributed by atoms with van der Waals surface area (Å²) in [6.07, 6.45) is -2.40. The number of nitrogens with one attached hydrogen (secondary N) is 1. The number of phenols is 1. The molecule has 0 unspecified atom stereocenters. The lowest BCUT2D eigenvalue weighted by molar-refractivity contribution is -0.143. The summed E-state index contributed by atoms with van der Waals surface area (Å²) in [6.45, 7) is -0.260. The third-order valence-corrected chi connectivity index (χ3v) is 5.05. The summed E-state index contributed by atoms with van der Waals surface area (Å²) in [5, 5.41) is 12.2. The van der Waals surface area contributed by atoms with Crippen LogP contribution >= 0.6 is 11.6 Å². The van der Waals surface area contributed by atoms with Crippen LogP contribution in [0.4, 0.5) is 19.1 Å². The highest BCUT2D eigenvalue weighted by Gasteiger charge is 2.42. The van der Waals surface area contributed by atoms with Gasteiger partial charge in [0, 0.05) is 34.9 Å². The molecule has 0 saturated heterocycles. The first kappa shape index (κ1) is 22.3. The van der Waals surface area contributed by atoms with Crippen molar-refractivity contribution in [1.82, 2.24) is 14.5 Å². The van der Waals surface area contributed by atoms with Crippen molar-refractivity contribution >= 4 is 40.1 Å². The Kier molecular flexibility index (Phi) is 5.77. The van der Waals surface area contributed by atoms with Crippen LogP contribution in [0.2, 0.25) is 5.02 Å². The van der Waals surface area contributed by atoms with Gasteiger partial charge in [-0.15, -0.1) is 0 Å². The first-order chi connectivity index (χ1) is 15.6. The van der Waals surface area contributed by atoms with Crippen molar-refractivity contribution < 1.29 is 27.9 Å². The first-order valence-electron chi connectivity index (χ1n) is 9.44. The Balaban J connectivity index is 1.89. The van der Waals surface area contributed by atoms with Gasteiger partial charge < -0.3 is 9.67 Å². The van der Waals surface area contributed by atoms with Crippen molar-refractivity contribution in [3.63, 3.8) is 0 Å². The number of ketones is 1. The van der Waals surface area contributed by atoms with Gasteiger partial charge in [-0.2, -0.15) is 13.2 Å². The molecule has 4 rings (SSSR count). The largest absolute Gasteiger partial charge is 0.508 e. The molecule has 0 aliphatic rings. The number of carbonyl (C=O) groups is 2. The van der Waals surface area contributed by atoms with E-state index in [2.05, 4.69) is 15.3 Å². The van der Waals surface area contributed by atoms with Crippen molar-refractivity contribution in [3.8, 4) is 5.75 Å². The molecule has 2 N–H and O–H groups in total. The lowest BCUT2D eigenvalue weighted by atomic mass is 10.0. The van der Waals surface area contributed by atoms with Crippen molar-refractivity contribution in [2.45, 2.75) is 12.7 Å². The Morgan fingerprint density at radius 1 is 1.06 bits per heavy atom. The monoisotopic (exact) mass is 474 g/mol. The van der Waals surface area contributed by atoms with Gasteiger partial charge in [-0.1, -0.05) is 23.7 Å². The summed E-state index contributed by atoms with van der Waals surface area (Å²) in [4.78, 5) is 33.0. The maximum absolute atomic E-state index is 14.3. The van der Waals surface area contributed by atoms with Crippen molar-refractivity contribution in [2.24, 2.45) is 0 Å². The molecule has 11 heteroatoms. The maximum Gasteiger partial charge on any atom is 0.432 e. The number of hydrogen-bond donors (Lipinski definition) is 2. The summed E-state index contributed by atoms with van der Waals surface area (Å²) in [5.41, 5.74) is -1.69. The number of Topliss-reactive ketones (excluding diaryl/α,β-unsaturated/α-hetero) is 1. The number of alkyl halides is 3. The van der Waals surface area contributed by atoms with Gasteiger partial charge in [-0.3, -0.25) is 14.9 Å². The number of hydrogen-bond acceptors (Lipinski definition) is 5. The molecule has 0 atom stereocenters. The molecule has 33 heavy (non-hydrogen) atoms. The number of halogens is 4. The number of nitrogens with zero attached hydrogens (tertiary/aromatic N) is 3. The van der Waals surface area contributed by atoms with Gasteiger partial charge in [0.2, 0.25) is 5.95 Å². The standard InChI is InChI=1S/C22H14ClF3N4O3/c23-13-4-2-12(3-5-13)11-30-16-7-6-14(31)10-15(16)17(19(30)22(24,25)26)18(32)20(33)29-21-27-8-1-9-28-21/h1-10,31H,11H2,(H,27,28,29,33). The van der Waals surface area contributed by atoms with Gasteiger partial charge >= 0.3 is 6.18 Å². The third kappa shape index (κ3) is 4.51. The summed E-state index contributed by atoms with van der Waals surface area (Å²) in [5.74, 6) is -3.39. The molecule has 2 aromatic carbocycles. The van der Waals surface area contributed by atoms with Crippen molar-refractivity contribution in [1.29, 1.82) is 0 Å². The number of aromatic nitrogens is 3. The van der Waals surface area contributed by atoms with E-state index in [1.807, 2.05) is 0 Å². The fraction of sp³-hybridized carbons (Fsp3) is 0.0909. The van der Waals surface area contributed by atoms with Crippen molar-refractivity contribution in [3.05, 3.63) is 82.8 Å². The minimum Gasteiger partial charge on any atom is -0.508 e. The van der Waals surface area contributed by atoms with Gasteiger partial charge in [-0.05, 0) is 42.0 Å². The topological polar surface area (TPSA) is 97.1 Å². The maximum atomic E-state index is 14.3. The van der Waals surface area contributed by atoms with Crippen LogP contribution in [0, 0.1) is 0 Å². The second-order valence-electron chi connectivity index (χ2n) is 6.99. The number of carbonyl (C=O) groups excluding carboxylic acids is 2. The minimum absolute atomic E-state index is 0.0159. The zero-order valence-corrected chi connectivity index (χ0v) is 17.4. The summed E-state index contributed by atoms with van der Waals surface area (Å²) < 4.78 is 43.6. The Labute approximate surface area is 189 Å². The van der Waals surface area contributed by atoms with Gasteiger partial charge in [0.1, 0.15) is 11.4 Å². The Morgan fingerprint density at radius 3 is 2.36 bits per heavy atom. The molecule has 0 bridgehead atoms. The molecule has 2 heterocycles. The normalized spacial score (nSPS) is 11.5. The highest BCUT2D eigenvalue weighted by atomic mass is 35.5. The second kappa shape index (κ2) is 8.55. The number of phenolic OH excluding ortho intramolecular Hbond substituents is 1. The fourth-order valence-corrected chi connectivity index (χ4v) is 3.57. The molecule has 168 valence electrons. The van der Waals surface area contributed by atoms with Crippen molar-refractivity contribution in [2.75, 3.05) is 5.32 Å². The zero-order valence-electron chi connectivity index (χ0n) is 16.6. The predicted molar refractivity (Wildman–Crippen MR) is 114 cm³/mol. The van der Waals surface area contributed by atoms with Crippen LogP contribution in [0.25, 0.3) is 10.9 Å². The molecule has 0 radical (unpaired) electrons. The van der Waals surface area contributed by atoms with Crippen LogP contribution in [0.1, 0.15) is 21.6 Å². The molecular formula is C22H14ClF3N4O3. The van der Waals surface area contributed by atoms with E-state index in [9.17, 15) is 27.9 Å². The van der Waals surface area contributed by atoms with Crippen LogP contribution in [-0.4, -0.2) is 31.3 Å². The highest BCUT2D eigenvalue weighted by Crippen LogP contribution is 2.40. The van der Waals surface area contributed by atoms with E-state index >= 15 is 0 Å². The molecule has 0 saturated carbocycles. The average molecular weight is 475 g/mol. The molecule has 0 aliphatic carbocycles. The van der Waals surface area contributed by atoms with E-state index in [4.69, 9.17) is 11.6 Å². The molecular weight excluding hydrogens is 461 g/mol. The third-order valence-electron chi connectivity index (χ3n) is 4.79. The molecule has 7 nitrogen and oxygen atoms in total. The van der Waals surface area contributed by atoms with Crippen LogP contribution in [0.15, 0.2) is 60.9 Å².